The molecule has 0 aliphatic heterocycles. The van der Waals surface area contributed by atoms with Crippen molar-refractivity contribution in [2.75, 3.05) is 5.75 Å². The van der Waals surface area contributed by atoms with Crippen LogP contribution in [0.25, 0.3) is 0 Å². The molecule has 9 heteroatoms. The maximum atomic E-state index is 11.2. The standard InChI is InChI=1S/C8H14NO6PS/c10-16(11,12)8(7-3-1-5-9-7)4-2-6-17(13,14)15/h1,3,5,8-9H,2,4,6H2,(H2,10,11,12)(H,13,14,15). The predicted molar refractivity (Wildman–Crippen MR) is 61.2 cm³/mol. The monoisotopic (exact) mass is 283 g/mol. The molecule has 1 heterocycles. The molecule has 0 amide bonds. The van der Waals surface area contributed by atoms with E-state index in [1.807, 2.05) is 0 Å². The van der Waals surface area contributed by atoms with Crippen LogP contribution in [0, 0.1) is 0 Å². The Morgan fingerprint density at radius 2 is 2.06 bits per heavy atom. The van der Waals surface area contributed by atoms with E-state index >= 15 is 0 Å². The van der Waals surface area contributed by atoms with Gasteiger partial charge in [0, 0.05) is 11.9 Å². The van der Waals surface area contributed by atoms with Crippen molar-refractivity contribution in [1.29, 1.82) is 0 Å². The van der Waals surface area contributed by atoms with E-state index in [4.69, 9.17) is 14.3 Å². The van der Waals surface area contributed by atoms with Crippen LogP contribution < -0.4 is 0 Å². The Morgan fingerprint density at radius 1 is 1.41 bits per heavy atom. The summed E-state index contributed by atoms with van der Waals surface area (Å²) in [5.41, 5.74) is -0.715. The molecule has 4 N–H and O–H groups in total. The predicted octanol–water partition coefficient (Wildman–Crippen LogP) is 0.901. The molecule has 0 saturated carbocycles. The molecule has 0 radical (unpaired) electrons. The van der Waals surface area contributed by atoms with Crippen LogP contribution in [0.2, 0.25) is 0 Å². The van der Waals surface area contributed by atoms with Crippen molar-refractivity contribution < 1.29 is 27.3 Å². The molecule has 7 nitrogen and oxygen atoms in total. The molecule has 0 aliphatic rings. The number of nitrogens with one attached hydrogen (secondary N) is 1. The van der Waals surface area contributed by atoms with Crippen LogP contribution in [-0.4, -0.2) is 33.5 Å². The highest BCUT2D eigenvalue weighted by Crippen LogP contribution is 2.53. The minimum absolute atomic E-state index is 0.0202. The number of aromatic amines is 1. The molecule has 1 rings (SSSR count). The SMILES string of the molecule is O=P(O)(O)C(CCCS(=O)(=O)O)c1ccc[nH]1. The quantitative estimate of drug-likeness (QED) is 0.453. The summed E-state index contributed by atoms with van der Waals surface area (Å²) < 4.78 is 40.8. The summed E-state index contributed by atoms with van der Waals surface area (Å²) in [4.78, 5) is 21.0. The molecular formula is C8H14NO6PS. The second kappa shape index (κ2) is 5.32. The highest BCUT2D eigenvalue weighted by Gasteiger charge is 2.30. The van der Waals surface area contributed by atoms with E-state index < -0.39 is 29.1 Å². The molecule has 0 spiro atoms. The summed E-state index contributed by atoms with van der Waals surface area (Å²) in [6.45, 7) is 0. The van der Waals surface area contributed by atoms with Gasteiger partial charge in [0.05, 0.1) is 5.75 Å². The molecule has 1 aromatic rings. The molecule has 1 aromatic heterocycles. The molecule has 17 heavy (non-hydrogen) atoms. The van der Waals surface area contributed by atoms with E-state index in [0.717, 1.165) is 0 Å². The lowest BCUT2D eigenvalue weighted by Crippen LogP contribution is -2.07. The third-order valence-electron chi connectivity index (χ3n) is 2.27. The van der Waals surface area contributed by atoms with Crippen LogP contribution in [0.15, 0.2) is 18.3 Å². The lowest BCUT2D eigenvalue weighted by atomic mass is 10.2. The first-order valence-corrected chi connectivity index (χ1v) is 8.13. The normalized spacial score (nSPS) is 14.8. The van der Waals surface area contributed by atoms with Gasteiger partial charge in [-0.15, -0.1) is 0 Å². The molecule has 0 aromatic carbocycles. The van der Waals surface area contributed by atoms with E-state index in [1.54, 1.807) is 6.07 Å². The number of hydrogen-bond donors (Lipinski definition) is 4. The lowest BCUT2D eigenvalue weighted by molar-refractivity contribution is 0.353. The molecule has 1 unspecified atom stereocenters. The van der Waals surface area contributed by atoms with Crippen LogP contribution in [0.3, 0.4) is 0 Å². The fourth-order valence-corrected chi connectivity index (χ4v) is 3.09. The summed E-state index contributed by atoms with van der Waals surface area (Å²) >= 11 is 0. The Balaban J connectivity index is 2.71. The second-order valence-corrected chi connectivity index (χ2v) is 7.03. The first-order chi connectivity index (χ1) is 7.70. The van der Waals surface area contributed by atoms with E-state index in [9.17, 15) is 13.0 Å². The zero-order valence-electron chi connectivity index (χ0n) is 8.85. The van der Waals surface area contributed by atoms with Crippen LogP contribution in [0.1, 0.15) is 24.2 Å². The van der Waals surface area contributed by atoms with Gasteiger partial charge >= 0.3 is 7.60 Å². The van der Waals surface area contributed by atoms with Crippen molar-refractivity contribution in [3.8, 4) is 0 Å². The molecule has 0 bridgehead atoms. The van der Waals surface area contributed by atoms with Crippen molar-refractivity contribution in [2.45, 2.75) is 18.5 Å². The summed E-state index contributed by atoms with van der Waals surface area (Å²) in [5.74, 6) is -0.510. The van der Waals surface area contributed by atoms with Gasteiger partial charge in [-0.3, -0.25) is 9.12 Å². The van der Waals surface area contributed by atoms with Crippen molar-refractivity contribution in [1.82, 2.24) is 4.98 Å². The van der Waals surface area contributed by atoms with Crippen molar-refractivity contribution >= 4 is 17.7 Å². The van der Waals surface area contributed by atoms with Gasteiger partial charge in [-0.1, -0.05) is 0 Å². The molecular weight excluding hydrogens is 269 g/mol. The first kappa shape index (κ1) is 14.4. The first-order valence-electron chi connectivity index (χ1n) is 4.84. The van der Waals surface area contributed by atoms with Crippen LogP contribution >= 0.6 is 7.60 Å². The third-order valence-corrected chi connectivity index (χ3v) is 4.42. The molecule has 0 saturated heterocycles. The van der Waals surface area contributed by atoms with Gasteiger partial charge in [0.15, 0.2) is 0 Å². The van der Waals surface area contributed by atoms with Crippen molar-refractivity contribution in [3.63, 3.8) is 0 Å². The highest BCUT2D eigenvalue weighted by molar-refractivity contribution is 7.85. The maximum absolute atomic E-state index is 11.2. The van der Waals surface area contributed by atoms with Crippen LogP contribution in [0.5, 0.6) is 0 Å². The Morgan fingerprint density at radius 3 is 2.47 bits per heavy atom. The van der Waals surface area contributed by atoms with Gasteiger partial charge < -0.3 is 14.8 Å². The maximum Gasteiger partial charge on any atom is 0.334 e. The summed E-state index contributed by atoms with van der Waals surface area (Å²) in [6, 6.07) is 3.12. The third kappa shape index (κ3) is 5.01. The smallest absolute Gasteiger partial charge is 0.334 e. The number of hydrogen-bond acceptors (Lipinski definition) is 3. The highest BCUT2D eigenvalue weighted by atomic mass is 32.2. The zero-order valence-corrected chi connectivity index (χ0v) is 10.6. The Labute approximate surface area is 98.8 Å². The average molecular weight is 283 g/mol. The Hall–Kier alpha value is -0.660. The lowest BCUT2D eigenvalue weighted by Gasteiger charge is -2.16. The van der Waals surface area contributed by atoms with Gasteiger partial charge in [-0.2, -0.15) is 8.42 Å². The molecule has 0 fully saturated rings. The van der Waals surface area contributed by atoms with Gasteiger partial charge in [0.2, 0.25) is 0 Å². The van der Waals surface area contributed by atoms with Crippen LogP contribution in [-0.2, 0) is 14.7 Å². The Bertz CT molecular complexity index is 490. The van der Waals surface area contributed by atoms with E-state index in [0.29, 0.717) is 5.69 Å². The molecule has 0 aliphatic carbocycles. The van der Waals surface area contributed by atoms with E-state index in [1.165, 1.54) is 12.3 Å². The van der Waals surface area contributed by atoms with Gasteiger partial charge in [0.25, 0.3) is 10.1 Å². The number of rotatable bonds is 6. The number of H-pyrrole nitrogens is 1. The van der Waals surface area contributed by atoms with Crippen molar-refractivity contribution in [3.05, 3.63) is 24.0 Å². The molecule has 98 valence electrons. The van der Waals surface area contributed by atoms with Gasteiger partial charge in [-0.05, 0) is 25.0 Å². The zero-order chi connectivity index (χ0) is 13.1. The topological polar surface area (TPSA) is 128 Å². The van der Waals surface area contributed by atoms with Gasteiger partial charge in [0.1, 0.15) is 5.66 Å². The minimum Gasteiger partial charge on any atom is -0.364 e. The van der Waals surface area contributed by atoms with E-state index in [2.05, 4.69) is 4.98 Å². The minimum atomic E-state index is -4.35. The van der Waals surface area contributed by atoms with Crippen molar-refractivity contribution in [2.24, 2.45) is 0 Å². The number of aromatic nitrogens is 1. The average Bonchev–Trinajstić information content (AvgIpc) is 2.60. The fraction of sp³-hybridized carbons (Fsp3) is 0.500. The van der Waals surface area contributed by atoms with E-state index in [-0.39, 0.29) is 12.8 Å². The van der Waals surface area contributed by atoms with Crippen LogP contribution in [0.4, 0.5) is 0 Å². The summed E-state index contributed by atoms with van der Waals surface area (Å²) in [7, 11) is -8.45. The Kier molecular flexibility index (Phi) is 4.51. The fourth-order valence-electron chi connectivity index (χ4n) is 1.52. The van der Waals surface area contributed by atoms with Gasteiger partial charge in [-0.25, -0.2) is 0 Å². The summed E-state index contributed by atoms with van der Waals surface area (Å²) in [5, 5.41) is 0. The second-order valence-electron chi connectivity index (χ2n) is 3.66. The largest absolute Gasteiger partial charge is 0.364 e. The molecule has 1 atom stereocenters. The summed E-state index contributed by atoms with van der Waals surface area (Å²) in [6.07, 6.45) is 1.49.